The van der Waals surface area contributed by atoms with E-state index < -0.39 is 151 Å². The molecule has 0 spiro atoms. The summed E-state index contributed by atoms with van der Waals surface area (Å²) in [4.78, 5) is 0. The van der Waals surface area contributed by atoms with Crippen molar-refractivity contribution in [3.63, 3.8) is 0 Å². The van der Waals surface area contributed by atoms with Crippen molar-refractivity contribution < 1.29 is 84.2 Å². The van der Waals surface area contributed by atoms with Crippen LogP contribution in [-0.2, 0) is 21.0 Å². The molecule has 0 N–H and O–H groups in total. The third-order valence-corrected chi connectivity index (χ3v) is 8.65. The summed E-state index contributed by atoms with van der Waals surface area (Å²) in [5.74, 6) is -39.6. The van der Waals surface area contributed by atoms with Crippen LogP contribution >= 0.6 is 0 Å². The van der Waals surface area contributed by atoms with Gasteiger partial charge < -0.3 is 14.0 Å². The average molecular weight is 806 g/mol. The third kappa shape index (κ3) is 5.72. The van der Waals surface area contributed by atoms with Gasteiger partial charge in [-0.3, -0.25) is 0 Å². The van der Waals surface area contributed by atoms with Gasteiger partial charge in [0.2, 0.25) is 11.7 Å². The number of benzene rings is 5. The molecule has 0 saturated heterocycles. The van der Waals surface area contributed by atoms with Gasteiger partial charge >= 0.3 is 7.32 Å². The van der Waals surface area contributed by atoms with Gasteiger partial charge in [-0.05, 0) is 36.4 Å². The fourth-order valence-corrected chi connectivity index (χ4v) is 5.98. The molecule has 0 radical (unpaired) electrons. The van der Waals surface area contributed by atoms with Crippen molar-refractivity contribution >= 4 is 19.0 Å². The van der Waals surface area contributed by atoms with Gasteiger partial charge in [-0.1, -0.05) is 24.3 Å². The van der Waals surface area contributed by atoms with E-state index in [-0.39, 0.29) is 6.07 Å². The molecule has 2 aliphatic rings. The first-order valence-corrected chi connectivity index (χ1v) is 15.2. The minimum absolute atomic E-state index is 0.0987. The lowest BCUT2D eigenvalue weighted by Crippen LogP contribution is -2.44. The molecule has 0 bridgehead atoms. The molecule has 0 heterocycles. The van der Waals surface area contributed by atoms with Crippen LogP contribution in [-0.4, -0.2) is 7.32 Å². The molecule has 0 aromatic heterocycles. The second-order valence-corrected chi connectivity index (χ2v) is 11.8. The maximum absolute atomic E-state index is 16.6. The highest BCUT2D eigenvalue weighted by Crippen LogP contribution is 2.55. The lowest BCUT2D eigenvalue weighted by atomic mass is 9.96. The number of hydrogen-bond donors (Lipinski definition) is 0. The smallest absolute Gasteiger partial charge is 0.509 e. The topological polar surface area (TPSA) is 27.7 Å². The summed E-state index contributed by atoms with van der Waals surface area (Å²) in [6, 6.07) is 4.03. The molecule has 56 heavy (non-hydrogen) atoms. The Balaban J connectivity index is 1.33. The van der Waals surface area contributed by atoms with Crippen LogP contribution in [0.15, 0.2) is 78.4 Å². The SMILES string of the molecule is FC1=C(F)C(F)(OB(Oc2ccc(F)cc2F)OC2(F)C(F)=C(F)c3c2ccc(-c2ccc(F)c(F)c2F)c3F)c2ccc(-c3ccc(F)c(F)c3F)c(F)c21. The Morgan fingerprint density at radius 2 is 0.804 bits per heavy atom. The summed E-state index contributed by atoms with van der Waals surface area (Å²) < 4.78 is 253. The minimum Gasteiger partial charge on any atom is -0.509 e. The molecule has 2 unspecified atom stereocenters. The number of rotatable bonds is 8. The van der Waals surface area contributed by atoms with Crippen molar-refractivity contribution in [3.8, 4) is 28.0 Å². The number of hydrogen-bond acceptors (Lipinski definition) is 3. The molecule has 0 amide bonds. The van der Waals surface area contributed by atoms with Gasteiger partial charge in [-0.2, -0.15) is 8.78 Å². The summed E-state index contributed by atoms with van der Waals surface area (Å²) in [7, 11) is -3.50. The maximum atomic E-state index is 16.6. The zero-order valence-corrected chi connectivity index (χ0v) is 26.7. The van der Waals surface area contributed by atoms with Crippen LogP contribution in [0.5, 0.6) is 5.75 Å². The van der Waals surface area contributed by atoms with E-state index in [0.29, 0.717) is 60.7 Å². The van der Waals surface area contributed by atoms with Gasteiger partial charge in [-0.25, -0.2) is 61.5 Å². The third-order valence-electron chi connectivity index (χ3n) is 8.65. The molecule has 288 valence electrons. The largest absolute Gasteiger partial charge is 0.718 e. The summed E-state index contributed by atoms with van der Waals surface area (Å²) >= 11 is 0. The van der Waals surface area contributed by atoms with Gasteiger partial charge in [0.1, 0.15) is 23.2 Å². The number of fused-ring (bicyclic) bond motifs is 2. The Kier molecular flexibility index (Phi) is 9.26. The Bertz CT molecular complexity index is 2430. The van der Waals surface area contributed by atoms with Crippen LogP contribution in [0.3, 0.4) is 0 Å². The Morgan fingerprint density at radius 3 is 1.21 bits per heavy atom. The molecule has 5 aromatic carbocycles. The standard InChI is InChI=1S/C36H11BF16O3/c38-12-1-10-22(21(41)11-12)54-37(55-35(52)17-6-2-13(25(42)23(17)31(48)33(35)50)15-4-8-19(39)29(46)27(15)44)56-36(53)18-7-3-14(26(43)24(18)32(49)34(36)51)16-5-9-20(40)30(47)28(16)45/h1-11H. The molecular weight excluding hydrogens is 795 g/mol. The van der Waals surface area contributed by atoms with E-state index in [1.165, 1.54) is 0 Å². The molecule has 2 atom stereocenters. The maximum Gasteiger partial charge on any atom is 0.718 e. The van der Waals surface area contributed by atoms with E-state index in [9.17, 15) is 35.1 Å². The van der Waals surface area contributed by atoms with E-state index in [2.05, 4.69) is 9.31 Å². The predicted octanol–water partition coefficient (Wildman–Crippen LogP) is 11.7. The van der Waals surface area contributed by atoms with E-state index in [1.807, 2.05) is 0 Å². The number of alkyl halides is 2. The van der Waals surface area contributed by atoms with Gasteiger partial charge in [0.05, 0.1) is 11.1 Å². The molecule has 0 fully saturated rings. The van der Waals surface area contributed by atoms with Gasteiger partial charge in [0.15, 0.2) is 52.4 Å². The summed E-state index contributed by atoms with van der Waals surface area (Å²) in [5, 5.41) is 0. The monoisotopic (exact) mass is 806 g/mol. The highest BCUT2D eigenvalue weighted by atomic mass is 19.2. The molecule has 3 nitrogen and oxygen atoms in total. The van der Waals surface area contributed by atoms with Crippen molar-refractivity contribution in [1.82, 2.24) is 0 Å². The van der Waals surface area contributed by atoms with Crippen LogP contribution in [0.25, 0.3) is 33.9 Å². The van der Waals surface area contributed by atoms with Gasteiger partial charge in [0, 0.05) is 39.4 Å². The average Bonchev–Trinajstić information content (AvgIpc) is 3.46. The van der Waals surface area contributed by atoms with E-state index in [0.717, 1.165) is 0 Å². The Hall–Kier alpha value is -5.76. The van der Waals surface area contributed by atoms with Gasteiger partial charge in [-0.15, -0.1) is 0 Å². The first-order valence-electron chi connectivity index (χ1n) is 15.2. The molecule has 0 aliphatic heterocycles. The zero-order chi connectivity index (χ0) is 40.8. The first kappa shape index (κ1) is 38.5. The lowest BCUT2D eigenvalue weighted by Gasteiger charge is -2.29. The van der Waals surface area contributed by atoms with Crippen LogP contribution in [0, 0.1) is 58.2 Å². The fourth-order valence-electron chi connectivity index (χ4n) is 5.98. The first-order chi connectivity index (χ1) is 26.3. The molecule has 2 aliphatic carbocycles. The van der Waals surface area contributed by atoms with Crippen molar-refractivity contribution in [2.24, 2.45) is 0 Å². The Labute approximate surface area is 301 Å². The predicted molar refractivity (Wildman–Crippen MR) is 162 cm³/mol. The van der Waals surface area contributed by atoms with E-state index in [4.69, 9.17) is 4.65 Å². The summed E-state index contributed by atoms with van der Waals surface area (Å²) in [6.45, 7) is 0. The van der Waals surface area contributed by atoms with Gasteiger partial charge in [0.25, 0.3) is 11.7 Å². The summed E-state index contributed by atoms with van der Waals surface area (Å²) in [6.07, 6.45) is 0. The Morgan fingerprint density at radius 1 is 0.411 bits per heavy atom. The quantitative estimate of drug-likeness (QED) is 0.0888. The van der Waals surface area contributed by atoms with Crippen LogP contribution in [0.2, 0.25) is 0 Å². The molecule has 20 heteroatoms. The van der Waals surface area contributed by atoms with E-state index >= 15 is 35.1 Å². The molecule has 5 aromatic rings. The van der Waals surface area contributed by atoms with Crippen molar-refractivity contribution in [2.75, 3.05) is 0 Å². The van der Waals surface area contributed by atoms with Crippen LogP contribution < -0.4 is 4.65 Å². The molecular formula is C36H11BF16O3. The zero-order valence-electron chi connectivity index (χ0n) is 26.7. The second-order valence-electron chi connectivity index (χ2n) is 11.8. The lowest BCUT2D eigenvalue weighted by molar-refractivity contribution is -0.131. The fraction of sp³-hybridized carbons (Fsp3) is 0.0556. The van der Waals surface area contributed by atoms with Crippen molar-refractivity contribution in [2.45, 2.75) is 11.7 Å². The second kappa shape index (κ2) is 13.5. The number of halogens is 16. The van der Waals surface area contributed by atoms with Crippen LogP contribution in [0.4, 0.5) is 70.2 Å². The molecule has 7 rings (SSSR count). The van der Waals surface area contributed by atoms with Crippen molar-refractivity contribution in [1.29, 1.82) is 0 Å². The highest BCUT2D eigenvalue weighted by Gasteiger charge is 2.59. The molecule has 0 saturated carbocycles. The summed E-state index contributed by atoms with van der Waals surface area (Å²) in [5.41, 5.74) is -10.8. The normalized spacial score (nSPS) is 18.9. The van der Waals surface area contributed by atoms with E-state index in [1.54, 1.807) is 0 Å². The highest BCUT2D eigenvalue weighted by molar-refractivity contribution is 6.38. The van der Waals surface area contributed by atoms with Crippen LogP contribution in [0.1, 0.15) is 22.3 Å². The van der Waals surface area contributed by atoms with Crippen molar-refractivity contribution in [3.05, 3.63) is 159 Å². The minimum atomic E-state index is -4.57.